The first-order valence-electron chi connectivity index (χ1n) is 6.71. The normalized spacial score (nSPS) is 20.2. The van der Waals surface area contributed by atoms with Gasteiger partial charge >= 0.3 is 0 Å². The lowest BCUT2D eigenvalue weighted by Crippen LogP contribution is -2.53. The first-order valence-corrected chi connectivity index (χ1v) is 7.09. The molecule has 0 aliphatic carbocycles. The maximum absolute atomic E-state index is 6.39. The molecule has 1 saturated heterocycles. The maximum Gasteiger partial charge on any atom is 0.0875 e. The molecule has 1 aromatic carbocycles. The summed E-state index contributed by atoms with van der Waals surface area (Å²) in [7, 11) is 1.74. The minimum absolute atomic E-state index is 0.0680. The molecule has 0 saturated carbocycles. The summed E-state index contributed by atoms with van der Waals surface area (Å²) < 4.78 is 11.1. The average Bonchev–Trinajstić information content (AvgIpc) is 2.42. The van der Waals surface area contributed by atoms with E-state index in [1.165, 1.54) is 0 Å². The Labute approximate surface area is 120 Å². The molecule has 2 N–H and O–H groups in total. The molecular weight excluding hydrogens is 262 g/mol. The van der Waals surface area contributed by atoms with Gasteiger partial charge in [0, 0.05) is 44.2 Å². The molecule has 4 heteroatoms. The van der Waals surface area contributed by atoms with Crippen molar-refractivity contribution in [3.8, 4) is 0 Å². The van der Waals surface area contributed by atoms with Crippen LogP contribution in [0.15, 0.2) is 18.2 Å². The number of halogens is 1. The van der Waals surface area contributed by atoms with Crippen LogP contribution in [0.5, 0.6) is 0 Å². The molecule has 0 radical (unpaired) electrons. The molecule has 1 unspecified atom stereocenters. The van der Waals surface area contributed by atoms with E-state index in [1.807, 2.05) is 13.0 Å². The fourth-order valence-corrected chi connectivity index (χ4v) is 3.00. The first kappa shape index (κ1) is 14.8. The van der Waals surface area contributed by atoms with E-state index < -0.39 is 0 Å². The molecule has 0 aromatic heterocycles. The van der Waals surface area contributed by atoms with E-state index >= 15 is 0 Å². The predicted molar refractivity (Wildman–Crippen MR) is 77.7 cm³/mol. The molecule has 1 heterocycles. The Hall–Kier alpha value is -0.610. The van der Waals surface area contributed by atoms with Crippen molar-refractivity contribution < 1.29 is 9.47 Å². The second-order valence-corrected chi connectivity index (χ2v) is 5.69. The van der Waals surface area contributed by atoms with Gasteiger partial charge in [-0.1, -0.05) is 23.7 Å². The van der Waals surface area contributed by atoms with Crippen molar-refractivity contribution in [2.24, 2.45) is 5.73 Å². The smallest absolute Gasteiger partial charge is 0.0875 e. The Morgan fingerprint density at radius 3 is 2.68 bits per heavy atom. The zero-order valence-corrected chi connectivity index (χ0v) is 12.4. The van der Waals surface area contributed by atoms with E-state index in [1.54, 1.807) is 7.11 Å². The Morgan fingerprint density at radius 1 is 1.42 bits per heavy atom. The summed E-state index contributed by atoms with van der Waals surface area (Å²) in [4.78, 5) is 0. The van der Waals surface area contributed by atoms with Crippen LogP contribution in [-0.4, -0.2) is 32.0 Å². The van der Waals surface area contributed by atoms with Gasteiger partial charge in [-0.05, 0) is 30.5 Å². The highest BCUT2D eigenvalue weighted by Crippen LogP contribution is 2.30. The SMILES string of the molecule is COC1(C(N)Cc2ccc(C)cc2Cl)CCOCC1. The number of aryl methyl sites for hydroxylation is 1. The summed E-state index contributed by atoms with van der Waals surface area (Å²) >= 11 is 6.28. The third kappa shape index (κ3) is 3.29. The molecule has 1 aromatic rings. The lowest BCUT2D eigenvalue weighted by molar-refractivity contribution is -0.103. The van der Waals surface area contributed by atoms with Crippen LogP contribution in [0.2, 0.25) is 5.02 Å². The summed E-state index contributed by atoms with van der Waals surface area (Å²) in [6, 6.07) is 6.03. The van der Waals surface area contributed by atoms with Crippen molar-refractivity contribution in [3.05, 3.63) is 34.3 Å². The minimum Gasteiger partial charge on any atom is -0.381 e. The number of hydrogen-bond donors (Lipinski definition) is 1. The van der Waals surface area contributed by atoms with Crippen LogP contribution >= 0.6 is 11.6 Å². The highest BCUT2D eigenvalue weighted by Gasteiger charge is 2.38. The van der Waals surface area contributed by atoms with Gasteiger partial charge in [-0.15, -0.1) is 0 Å². The second-order valence-electron chi connectivity index (χ2n) is 5.29. The molecule has 19 heavy (non-hydrogen) atoms. The number of nitrogens with two attached hydrogens (primary N) is 1. The Kier molecular flexibility index (Phi) is 4.85. The van der Waals surface area contributed by atoms with E-state index in [2.05, 4.69) is 12.1 Å². The zero-order valence-electron chi connectivity index (χ0n) is 11.6. The van der Waals surface area contributed by atoms with Gasteiger partial charge in [0.25, 0.3) is 0 Å². The standard InChI is InChI=1S/C15H22ClNO2/c1-11-3-4-12(13(16)9-11)10-14(17)15(18-2)5-7-19-8-6-15/h3-4,9,14H,5-8,10,17H2,1-2H3. The third-order valence-electron chi connectivity index (χ3n) is 4.07. The highest BCUT2D eigenvalue weighted by atomic mass is 35.5. The van der Waals surface area contributed by atoms with E-state index in [9.17, 15) is 0 Å². The zero-order chi connectivity index (χ0) is 13.9. The molecule has 0 bridgehead atoms. The third-order valence-corrected chi connectivity index (χ3v) is 4.42. The lowest BCUT2D eigenvalue weighted by Gasteiger charge is -2.40. The Morgan fingerprint density at radius 2 is 2.11 bits per heavy atom. The number of ether oxygens (including phenoxy) is 2. The van der Waals surface area contributed by atoms with Gasteiger partial charge in [0.1, 0.15) is 0 Å². The van der Waals surface area contributed by atoms with E-state index in [0.717, 1.165) is 35.4 Å². The van der Waals surface area contributed by atoms with Gasteiger partial charge in [0.05, 0.1) is 5.60 Å². The molecule has 3 nitrogen and oxygen atoms in total. The molecule has 2 rings (SSSR count). The molecule has 0 amide bonds. The van der Waals surface area contributed by atoms with Crippen molar-refractivity contribution in [2.75, 3.05) is 20.3 Å². The van der Waals surface area contributed by atoms with E-state index in [0.29, 0.717) is 13.2 Å². The molecule has 106 valence electrons. The van der Waals surface area contributed by atoms with Crippen LogP contribution in [0.4, 0.5) is 0 Å². The highest BCUT2D eigenvalue weighted by molar-refractivity contribution is 6.31. The van der Waals surface area contributed by atoms with Crippen LogP contribution in [0.3, 0.4) is 0 Å². The van der Waals surface area contributed by atoms with Crippen LogP contribution in [0.25, 0.3) is 0 Å². The number of benzene rings is 1. The van der Waals surface area contributed by atoms with Gasteiger partial charge in [0.2, 0.25) is 0 Å². The van der Waals surface area contributed by atoms with Crippen molar-refractivity contribution >= 4 is 11.6 Å². The van der Waals surface area contributed by atoms with E-state index in [4.69, 9.17) is 26.8 Å². The number of rotatable bonds is 4. The molecule has 1 fully saturated rings. The van der Waals surface area contributed by atoms with Crippen molar-refractivity contribution in [1.82, 2.24) is 0 Å². The van der Waals surface area contributed by atoms with Crippen molar-refractivity contribution in [2.45, 2.75) is 37.8 Å². The van der Waals surface area contributed by atoms with Crippen LogP contribution in [0, 0.1) is 6.92 Å². The van der Waals surface area contributed by atoms with Gasteiger partial charge < -0.3 is 15.2 Å². The molecule has 1 aliphatic heterocycles. The molecule has 1 aliphatic rings. The van der Waals surface area contributed by atoms with Gasteiger partial charge in [-0.3, -0.25) is 0 Å². The van der Waals surface area contributed by atoms with Crippen molar-refractivity contribution in [1.29, 1.82) is 0 Å². The second kappa shape index (κ2) is 6.23. The van der Waals surface area contributed by atoms with Crippen molar-refractivity contribution in [3.63, 3.8) is 0 Å². The summed E-state index contributed by atoms with van der Waals surface area (Å²) in [6.07, 6.45) is 2.41. The van der Waals surface area contributed by atoms with Crippen LogP contribution < -0.4 is 5.73 Å². The Balaban J connectivity index is 2.12. The monoisotopic (exact) mass is 283 g/mol. The summed E-state index contributed by atoms with van der Waals surface area (Å²) in [5.41, 5.74) is 8.36. The van der Waals surface area contributed by atoms with E-state index in [-0.39, 0.29) is 11.6 Å². The van der Waals surface area contributed by atoms with Gasteiger partial charge in [-0.2, -0.15) is 0 Å². The summed E-state index contributed by atoms with van der Waals surface area (Å²) in [5.74, 6) is 0. The molecular formula is C15H22ClNO2. The van der Waals surface area contributed by atoms with Gasteiger partial charge in [-0.25, -0.2) is 0 Å². The fourth-order valence-electron chi connectivity index (χ4n) is 2.68. The predicted octanol–water partition coefficient (Wildman–Crippen LogP) is 2.71. The topological polar surface area (TPSA) is 44.5 Å². The number of methoxy groups -OCH3 is 1. The lowest BCUT2D eigenvalue weighted by atomic mass is 9.83. The minimum atomic E-state index is -0.285. The maximum atomic E-state index is 6.39. The first-order chi connectivity index (χ1) is 9.07. The quantitative estimate of drug-likeness (QED) is 0.924. The summed E-state index contributed by atoms with van der Waals surface area (Å²) in [6.45, 7) is 3.46. The average molecular weight is 284 g/mol. The Bertz CT molecular complexity index is 430. The largest absolute Gasteiger partial charge is 0.381 e. The molecule has 1 atom stereocenters. The number of hydrogen-bond acceptors (Lipinski definition) is 3. The fraction of sp³-hybridized carbons (Fsp3) is 0.600. The summed E-state index contributed by atoms with van der Waals surface area (Å²) in [5, 5.41) is 0.786. The van der Waals surface area contributed by atoms with Gasteiger partial charge in [0.15, 0.2) is 0 Å². The molecule has 0 spiro atoms. The van der Waals surface area contributed by atoms with Crippen LogP contribution in [0.1, 0.15) is 24.0 Å². The van der Waals surface area contributed by atoms with Crippen LogP contribution in [-0.2, 0) is 15.9 Å².